The average Bonchev–Trinajstić information content (AvgIpc) is 2.81. The lowest BCUT2D eigenvalue weighted by Crippen LogP contribution is -2.39. The molecule has 0 aromatic carbocycles. The molecule has 1 saturated carbocycles. The Morgan fingerprint density at radius 2 is 2.00 bits per heavy atom. The maximum Gasteiger partial charge on any atom is 0.237 e. The Hall–Kier alpha value is -1.04. The topological polar surface area (TPSA) is 52.9 Å². The van der Waals surface area contributed by atoms with Gasteiger partial charge >= 0.3 is 0 Å². The van der Waals surface area contributed by atoms with Crippen LogP contribution in [0.5, 0.6) is 0 Å². The minimum absolute atomic E-state index is 0.0700. The highest BCUT2D eigenvalue weighted by Crippen LogP contribution is 2.42. The fraction of sp³-hybridized carbons (Fsp3) is 0.875. The van der Waals surface area contributed by atoms with Gasteiger partial charge in [-0.2, -0.15) is 5.26 Å². The summed E-state index contributed by atoms with van der Waals surface area (Å²) >= 11 is 0. The summed E-state index contributed by atoms with van der Waals surface area (Å²) in [4.78, 5) is 12.0. The highest BCUT2D eigenvalue weighted by molar-refractivity contribution is 5.81. The van der Waals surface area contributed by atoms with E-state index in [1.54, 1.807) is 0 Å². The van der Waals surface area contributed by atoms with Crippen LogP contribution in [0.15, 0.2) is 0 Å². The van der Waals surface area contributed by atoms with E-state index in [1.165, 1.54) is 32.1 Å². The van der Waals surface area contributed by atoms with Crippen molar-refractivity contribution >= 4 is 5.91 Å². The predicted octanol–water partition coefficient (Wildman–Crippen LogP) is 3.65. The number of nitrogens with one attached hydrogen (secondary N) is 1. The molecular formula is C16H28N2O. The molecule has 0 heterocycles. The lowest BCUT2D eigenvalue weighted by molar-refractivity contribution is -0.124. The summed E-state index contributed by atoms with van der Waals surface area (Å²) in [5.74, 6) is 0.124. The zero-order chi connectivity index (χ0) is 14.3. The minimum atomic E-state index is -0.470. The Kier molecular flexibility index (Phi) is 6.34. The van der Waals surface area contributed by atoms with Gasteiger partial charge in [0.15, 0.2) is 0 Å². The van der Waals surface area contributed by atoms with Gasteiger partial charge in [0.1, 0.15) is 5.92 Å². The normalized spacial score (nSPS) is 19.1. The van der Waals surface area contributed by atoms with Crippen molar-refractivity contribution in [3.8, 4) is 6.07 Å². The van der Waals surface area contributed by atoms with Crippen molar-refractivity contribution in [2.45, 2.75) is 65.7 Å². The minimum Gasteiger partial charge on any atom is -0.354 e. The molecule has 1 fully saturated rings. The fourth-order valence-corrected chi connectivity index (χ4v) is 3.38. The molecule has 0 radical (unpaired) electrons. The molecule has 1 aliphatic rings. The third kappa shape index (κ3) is 4.86. The Bertz CT molecular complexity index is 324. The van der Waals surface area contributed by atoms with E-state index in [-0.39, 0.29) is 11.3 Å². The van der Waals surface area contributed by atoms with Gasteiger partial charge in [-0.05, 0) is 37.0 Å². The van der Waals surface area contributed by atoms with Gasteiger partial charge in [-0.3, -0.25) is 4.79 Å². The van der Waals surface area contributed by atoms with Crippen molar-refractivity contribution < 1.29 is 4.79 Å². The standard InChI is InChI=1S/C16H28N2O/c1-4-7-14(11-17)15(19)18-12-16(10-13(2)3)8-5-6-9-16/h13-14H,4-10,12H2,1-3H3,(H,18,19). The number of hydrogen-bond acceptors (Lipinski definition) is 2. The van der Waals surface area contributed by atoms with Gasteiger partial charge < -0.3 is 5.32 Å². The van der Waals surface area contributed by atoms with Gasteiger partial charge in [0.25, 0.3) is 0 Å². The highest BCUT2D eigenvalue weighted by atomic mass is 16.1. The summed E-state index contributed by atoms with van der Waals surface area (Å²) in [5, 5.41) is 12.1. The molecule has 1 unspecified atom stereocenters. The van der Waals surface area contributed by atoms with Crippen LogP contribution < -0.4 is 5.32 Å². The first-order chi connectivity index (χ1) is 9.03. The van der Waals surface area contributed by atoms with Crippen LogP contribution >= 0.6 is 0 Å². The third-order valence-corrected chi connectivity index (χ3v) is 4.19. The van der Waals surface area contributed by atoms with E-state index >= 15 is 0 Å². The first-order valence-corrected chi connectivity index (χ1v) is 7.70. The number of nitrogens with zero attached hydrogens (tertiary/aromatic N) is 1. The smallest absolute Gasteiger partial charge is 0.237 e. The molecular weight excluding hydrogens is 236 g/mol. The van der Waals surface area contributed by atoms with Crippen LogP contribution in [0.1, 0.15) is 65.7 Å². The zero-order valence-corrected chi connectivity index (χ0v) is 12.7. The molecule has 0 aliphatic heterocycles. The first-order valence-electron chi connectivity index (χ1n) is 7.70. The molecule has 1 N–H and O–H groups in total. The van der Waals surface area contributed by atoms with Gasteiger partial charge in [0.05, 0.1) is 6.07 Å². The maximum atomic E-state index is 12.0. The molecule has 1 rings (SSSR count). The number of carbonyl (C=O) groups excluding carboxylic acids is 1. The van der Waals surface area contributed by atoms with Gasteiger partial charge in [0.2, 0.25) is 5.91 Å². The lowest BCUT2D eigenvalue weighted by atomic mass is 9.78. The Morgan fingerprint density at radius 3 is 2.47 bits per heavy atom. The van der Waals surface area contributed by atoms with Gasteiger partial charge in [-0.25, -0.2) is 0 Å². The summed E-state index contributed by atoms with van der Waals surface area (Å²) in [5.41, 5.74) is 0.288. The number of carbonyl (C=O) groups is 1. The van der Waals surface area contributed by atoms with Crippen LogP contribution in [-0.2, 0) is 4.79 Å². The Morgan fingerprint density at radius 1 is 1.37 bits per heavy atom. The largest absolute Gasteiger partial charge is 0.354 e. The second-order valence-electron chi connectivity index (χ2n) is 6.49. The summed E-state index contributed by atoms with van der Waals surface area (Å²) in [6.45, 7) is 7.26. The lowest BCUT2D eigenvalue weighted by Gasteiger charge is -2.31. The zero-order valence-electron chi connectivity index (χ0n) is 12.7. The summed E-state index contributed by atoms with van der Waals surface area (Å²) in [6.07, 6.45) is 7.71. The van der Waals surface area contributed by atoms with Crippen LogP contribution in [0.3, 0.4) is 0 Å². The number of hydrogen-bond donors (Lipinski definition) is 1. The van der Waals surface area contributed by atoms with Crippen LogP contribution in [0.4, 0.5) is 0 Å². The van der Waals surface area contributed by atoms with Crippen LogP contribution in [0.25, 0.3) is 0 Å². The molecule has 0 aromatic rings. The van der Waals surface area contributed by atoms with Crippen LogP contribution in [0, 0.1) is 28.6 Å². The summed E-state index contributed by atoms with van der Waals surface area (Å²) in [7, 11) is 0. The summed E-state index contributed by atoms with van der Waals surface area (Å²) in [6, 6.07) is 2.12. The second kappa shape index (κ2) is 7.53. The van der Waals surface area contributed by atoms with Crippen molar-refractivity contribution in [3.63, 3.8) is 0 Å². The highest BCUT2D eigenvalue weighted by Gasteiger charge is 2.35. The second-order valence-corrected chi connectivity index (χ2v) is 6.49. The van der Waals surface area contributed by atoms with Crippen molar-refractivity contribution in [2.24, 2.45) is 17.3 Å². The fourth-order valence-electron chi connectivity index (χ4n) is 3.38. The molecule has 108 valence electrons. The third-order valence-electron chi connectivity index (χ3n) is 4.19. The van der Waals surface area contributed by atoms with Crippen molar-refractivity contribution in [2.75, 3.05) is 6.54 Å². The number of amides is 1. The van der Waals surface area contributed by atoms with Crippen molar-refractivity contribution in [1.82, 2.24) is 5.32 Å². The maximum absolute atomic E-state index is 12.0. The molecule has 1 aliphatic carbocycles. The number of rotatable bonds is 7. The van der Waals surface area contributed by atoms with Crippen LogP contribution in [0.2, 0.25) is 0 Å². The molecule has 0 bridgehead atoms. The average molecular weight is 264 g/mol. The van der Waals surface area contributed by atoms with Gasteiger partial charge in [-0.1, -0.05) is 40.0 Å². The Balaban J connectivity index is 2.52. The van der Waals surface area contributed by atoms with Crippen molar-refractivity contribution in [3.05, 3.63) is 0 Å². The molecule has 0 aromatic heterocycles. The molecule has 19 heavy (non-hydrogen) atoms. The van der Waals surface area contributed by atoms with Gasteiger partial charge in [-0.15, -0.1) is 0 Å². The van der Waals surface area contributed by atoms with E-state index < -0.39 is 5.92 Å². The molecule has 3 nitrogen and oxygen atoms in total. The van der Waals surface area contributed by atoms with E-state index in [2.05, 4.69) is 25.2 Å². The first kappa shape index (κ1) is 16.0. The molecule has 1 amide bonds. The number of nitriles is 1. The summed E-state index contributed by atoms with van der Waals surface area (Å²) < 4.78 is 0. The van der Waals surface area contributed by atoms with Gasteiger partial charge in [0, 0.05) is 6.54 Å². The molecule has 1 atom stereocenters. The Labute approximate surface area is 117 Å². The monoisotopic (exact) mass is 264 g/mol. The van der Waals surface area contributed by atoms with E-state index in [4.69, 9.17) is 5.26 Å². The quantitative estimate of drug-likeness (QED) is 0.763. The van der Waals surface area contributed by atoms with E-state index in [9.17, 15) is 4.79 Å². The molecule has 0 saturated heterocycles. The molecule has 3 heteroatoms. The van der Waals surface area contributed by atoms with E-state index in [1.807, 2.05) is 6.92 Å². The van der Waals surface area contributed by atoms with Crippen molar-refractivity contribution in [1.29, 1.82) is 5.26 Å². The SMILES string of the molecule is CCCC(C#N)C(=O)NCC1(CC(C)C)CCCC1. The van der Waals surface area contributed by atoms with E-state index in [0.29, 0.717) is 12.3 Å². The molecule has 0 spiro atoms. The van der Waals surface area contributed by atoms with E-state index in [0.717, 1.165) is 13.0 Å². The predicted molar refractivity (Wildman–Crippen MR) is 77.4 cm³/mol. The van der Waals surface area contributed by atoms with Crippen LogP contribution in [-0.4, -0.2) is 12.5 Å².